The largest absolute Gasteiger partial charge is 0.491 e. The van der Waals surface area contributed by atoms with Gasteiger partial charge in [0.15, 0.2) is 6.29 Å². The van der Waals surface area contributed by atoms with Gasteiger partial charge >= 0.3 is 5.97 Å². The molecule has 3 fully saturated rings. The Hall–Kier alpha value is -3.40. The Morgan fingerprint density at radius 3 is 2.39 bits per heavy atom. The number of carbonyl (C=O) groups excluding carboxylic acids is 1. The van der Waals surface area contributed by atoms with Crippen LogP contribution in [0.3, 0.4) is 0 Å². The second-order valence-electron chi connectivity index (χ2n) is 21.7. The van der Waals surface area contributed by atoms with Gasteiger partial charge < -0.3 is 63.8 Å². The maximum atomic E-state index is 14.6. The molecule has 3 saturated heterocycles. The molecule has 1 unspecified atom stereocenters. The molecular weight excluding hydrogens is 901 g/mol. The van der Waals surface area contributed by atoms with Crippen molar-refractivity contribution in [2.75, 3.05) is 40.9 Å². The van der Waals surface area contributed by atoms with E-state index in [2.05, 4.69) is 20.2 Å². The fourth-order valence-corrected chi connectivity index (χ4v) is 11.7. The van der Waals surface area contributed by atoms with E-state index in [0.29, 0.717) is 39.1 Å². The summed E-state index contributed by atoms with van der Waals surface area (Å²) in [6, 6.07) is 8.74. The average molecular weight is 985 g/mol. The van der Waals surface area contributed by atoms with Crippen molar-refractivity contribution in [3.05, 3.63) is 48.4 Å². The SMILES string of the molecule is CC[C@H]1OC(=O)[C@H](C)[C@@H](C2C[C@@](C)(OC)[C@@H](O)[C@H](C)O2)[C@H](C)[C@@H](O[C@@H]2O[C@H](C)C[C@H](N(C)CCc3cn(CCOc4ccnc5ccccc45)nn3)[C@H]2O)[C@](C)(O)C[C@@H](C)CN(C)[C@H](C)[C@@H](O)[C@]1(C)O. The highest BCUT2D eigenvalue weighted by Gasteiger charge is 2.55. The number of likely N-dealkylation sites (N-methyl/N-ethyl adjacent to an activating group) is 2. The summed E-state index contributed by atoms with van der Waals surface area (Å²) in [6.07, 6.45) is -3.09. The lowest BCUT2D eigenvalue weighted by atomic mass is 9.68. The Kier molecular flexibility index (Phi) is 18.5. The summed E-state index contributed by atoms with van der Waals surface area (Å²) in [4.78, 5) is 23.0. The molecule has 0 spiro atoms. The smallest absolute Gasteiger partial charge is 0.309 e. The molecule has 5 heterocycles. The summed E-state index contributed by atoms with van der Waals surface area (Å²) < 4.78 is 40.1. The van der Waals surface area contributed by atoms with Crippen molar-refractivity contribution >= 4 is 16.9 Å². The number of benzene rings is 1. The number of nitrogens with zero attached hydrogens (tertiary/aromatic N) is 6. The van der Waals surface area contributed by atoms with Crippen LogP contribution in [0.5, 0.6) is 5.75 Å². The highest BCUT2D eigenvalue weighted by Crippen LogP contribution is 2.45. The van der Waals surface area contributed by atoms with Crippen LogP contribution in [-0.4, -0.2) is 186 Å². The van der Waals surface area contributed by atoms with Crippen molar-refractivity contribution in [2.24, 2.45) is 23.7 Å². The Bertz CT molecular complexity index is 2140. The number of esters is 1. The number of aliphatic hydroxyl groups is 5. The normalized spacial score (nSPS) is 39.9. The van der Waals surface area contributed by atoms with Crippen LogP contribution in [0.4, 0.5) is 0 Å². The number of aliphatic hydroxyl groups excluding tert-OH is 3. The van der Waals surface area contributed by atoms with Crippen molar-refractivity contribution in [1.82, 2.24) is 29.8 Å². The molecule has 0 bridgehead atoms. The topological polar surface area (TPSA) is 224 Å². The van der Waals surface area contributed by atoms with Crippen molar-refractivity contribution in [2.45, 2.75) is 192 Å². The molecule has 3 aliphatic heterocycles. The molecule has 3 aliphatic rings. The number of rotatable bonds is 13. The summed E-state index contributed by atoms with van der Waals surface area (Å²) in [5, 5.41) is 69.8. The van der Waals surface area contributed by atoms with Crippen LogP contribution in [0.2, 0.25) is 0 Å². The van der Waals surface area contributed by atoms with Crippen LogP contribution in [0.25, 0.3) is 10.9 Å². The summed E-state index contributed by atoms with van der Waals surface area (Å²) in [5.41, 5.74) is -2.79. The van der Waals surface area contributed by atoms with E-state index in [0.717, 1.165) is 22.3 Å². The number of ether oxygens (including phenoxy) is 6. The van der Waals surface area contributed by atoms with Crippen LogP contribution in [-0.2, 0) is 41.4 Å². The summed E-state index contributed by atoms with van der Waals surface area (Å²) >= 11 is 0. The average Bonchev–Trinajstić information content (AvgIpc) is 3.77. The van der Waals surface area contributed by atoms with Crippen LogP contribution in [0, 0.1) is 23.7 Å². The van der Waals surface area contributed by atoms with Crippen LogP contribution < -0.4 is 4.74 Å². The third kappa shape index (κ3) is 12.5. The highest BCUT2D eigenvalue weighted by atomic mass is 16.7. The fourth-order valence-electron chi connectivity index (χ4n) is 11.7. The number of carbonyl (C=O) groups is 1. The maximum Gasteiger partial charge on any atom is 0.309 e. The number of pyridine rings is 1. The second kappa shape index (κ2) is 23.2. The monoisotopic (exact) mass is 985 g/mol. The van der Waals surface area contributed by atoms with Crippen LogP contribution in [0.15, 0.2) is 42.7 Å². The van der Waals surface area contributed by atoms with Gasteiger partial charge in [0.1, 0.15) is 42.4 Å². The first-order chi connectivity index (χ1) is 32.9. The Morgan fingerprint density at radius 1 is 0.971 bits per heavy atom. The molecule has 18 nitrogen and oxygen atoms in total. The van der Waals surface area contributed by atoms with E-state index in [1.165, 1.54) is 14.0 Å². The third-order valence-corrected chi connectivity index (χ3v) is 16.0. The lowest BCUT2D eigenvalue weighted by molar-refractivity contribution is -0.302. The van der Waals surface area contributed by atoms with Crippen molar-refractivity contribution in [3.8, 4) is 5.75 Å². The molecule has 18 atom stereocenters. The van der Waals surface area contributed by atoms with Crippen molar-refractivity contribution in [1.29, 1.82) is 0 Å². The molecule has 0 aliphatic carbocycles. The standard InChI is InChI=1S/C52H84N6O12/c1-14-42-52(10,64)45(60)34(6)57(12)28-30(2)26-50(8,63)47(32(4)43(33(5)48(62)69-42)41-27-51(9,65-13)46(61)35(7)68-41)70-49-44(59)39(25-31(3)67-49)56(11)22-20-36-29-58(55-54-36)23-24-66-40-19-21-53-38-18-16-15-17-37(38)40/h15-19,21,29-35,39,41-47,49,59-61,63-64H,14,20,22-28H2,1-13H3/t30-,31-,32+,33-,34-,35+,39+,41?,42-,43+,44-,45-,46+,47-,49+,50-,51-,52-/m1/s1. The minimum atomic E-state index is -1.81. The van der Waals surface area contributed by atoms with E-state index in [1.807, 2.05) is 90.1 Å². The van der Waals surface area contributed by atoms with Gasteiger partial charge in [-0.25, -0.2) is 4.68 Å². The molecule has 5 N–H and O–H groups in total. The minimum absolute atomic E-state index is 0.168. The van der Waals surface area contributed by atoms with E-state index in [-0.39, 0.29) is 31.3 Å². The third-order valence-electron chi connectivity index (χ3n) is 16.0. The molecule has 70 heavy (non-hydrogen) atoms. The Labute approximate surface area is 414 Å². The van der Waals surface area contributed by atoms with Gasteiger partial charge in [-0.2, -0.15) is 0 Å². The van der Waals surface area contributed by atoms with Gasteiger partial charge in [-0.3, -0.25) is 9.78 Å². The Morgan fingerprint density at radius 2 is 1.69 bits per heavy atom. The highest BCUT2D eigenvalue weighted by molar-refractivity contribution is 5.84. The van der Waals surface area contributed by atoms with Gasteiger partial charge in [0.2, 0.25) is 0 Å². The molecule has 6 rings (SSSR count). The molecule has 0 amide bonds. The van der Waals surface area contributed by atoms with Crippen LogP contribution >= 0.6 is 0 Å². The predicted octanol–water partition coefficient (Wildman–Crippen LogP) is 4.01. The number of aromatic nitrogens is 4. The lowest BCUT2D eigenvalue weighted by Gasteiger charge is -2.51. The first-order valence-electron chi connectivity index (χ1n) is 25.4. The summed E-state index contributed by atoms with van der Waals surface area (Å²) in [5.74, 6) is -2.36. The zero-order valence-electron chi connectivity index (χ0n) is 43.8. The molecule has 1 aromatic carbocycles. The number of hydrogen-bond donors (Lipinski definition) is 5. The van der Waals surface area contributed by atoms with E-state index in [9.17, 15) is 30.3 Å². The van der Waals surface area contributed by atoms with Gasteiger partial charge in [-0.15, -0.1) is 5.10 Å². The Balaban J connectivity index is 1.25. The maximum absolute atomic E-state index is 14.6. The van der Waals surface area contributed by atoms with E-state index in [1.54, 1.807) is 38.6 Å². The zero-order chi connectivity index (χ0) is 51.5. The number of hydrogen-bond acceptors (Lipinski definition) is 17. The van der Waals surface area contributed by atoms with Crippen molar-refractivity contribution < 1.29 is 58.7 Å². The van der Waals surface area contributed by atoms with Crippen molar-refractivity contribution in [3.63, 3.8) is 0 Å². The number of methoxy groups -OCH3 is 1. The number of para-hydroxylation sites is 1. The van der Waals surface area contributed by atoms with Gasteiger partial charge in [0, 0.05) is 68.8 Å². The van der Waals surface area contributed by atoms with Gasteiger partial charge in [0.05, 0.1) is 59.3 Å². The molecular formula is C52H84N6O12. The summed E-state index contributed by atoms with van der Waals surface area (Å²) in [6.45, 7) is 19.9. The lowest BCUT2D eigenvalue weighted by Crippen LogP contribution is -2.62. The molecule has 0 radical (unpaired) electrons. The fraction of sp³-hybridized carbons (Fsp3) is 0.769. The zero-order valence-corrected chi connectivity index (χ0v) is 43.8. The first kappa shape index (κ1) is 55.9. The van der Waals surface area contributed by atoms with E-state index >= 15 is 0 Å². The minimum Gasteiger partial charge on any atom is -0.491 e. The van der Waals surface area contributed by atoms with Gasteiger partial charge in [-0.1, -0.05) is 45.0 Å². The summed E-state index contributed by atoms with van der Waals surface area (Å²) in [7, 11) is 5.34. The quantitative estimate of drug-likeness (QED) is 0.153. The first-order valence-corrected chi connectivity index (χ1v) is 25.4. The molecule has 18 heteroatoms. The van der Waals surface area contributed by atoms with Crippen LogP contribution in [0.1, 0.15) is 101 Å². The van der Waals surface area contributed by atoms with E-state index < -0.39 is 102 Å². The number of cyclic esters (lactones) is 1. The molecule has 2 aromatic heterocycles. The van der Waals surface area contributed by atoms with Gasteiger partial charge in [-0.05, 0) is 105 Å². The number of fused-ring (bicyclic) bond motifs is 1. The van der Waals surface area contributed by atoms with Gasteiger partial charge in [0.25, 0.3) is 0 Å². The van der Waals surface area contributed by atoms with E-state index in [4.69, 9.17) is 28.4 Å². The predicted molar refractivity (Wildman–Crippen MR) is 263 cm³/mol. The molecule has 3 aromatic rings. The molecule has 394 valence electrons. The molecule has 0 saturated carbocycles. The second-order valence-corrected chi connectivity index (χ2v) is 21.7.